The van der Waals surface area contributed by atoms with Gasteiger partial charge in [-0.15, -0.1) is 0 Å². The summed E-state index contributed by atoms with van der Waals surface area (Å²) in [7, 11) is 0. The monoisotopic (exact) mass is 1700 g/mol. The molecule has 0 bridgehead atoms. The second-order valence-electron chi connectivity index (χ2n) is 37.7. The first-order valence-electron chi connectivity index (χ1n) is 54.1. The minimum atomic E-state index is 1.00. The topological polar surface area (TPSA) is 25.3 Å². The molecule has 3 rings (SSSR count). The number of allylic oxidation sites excluding steroid dienone is 2. The van der Waals surface area contributed by atoms with E-state index in [2.05, 4.69) is 92.7 Å². The van der Waals surface area contributed by atoms with E-state index in [1.165, 1.54) is 530 Å². The van der Waals surface area contributed by atoms with Gasteiger partial charge in [0.25, 0.3) is 0 Å². The number of nitrogens with zero attached hydrogens (tertiary/aromatic N) is 2. The Kier molecular flexibility index (Phi) is 82.4. The summed E-state index contributed by atoms with van der Waals surface area (Å²) in [5.41, 5.74) is 28.0. The molecule has 0 spiro atoms. The van der Waals surface area contributed by atoms with Crippen molar-refractivity contribution in [2.24, 2.45) is 0 Å². The van der Waals surface area contributed by atoms with E-state index >= 15 is 0 Å². The Hall–Kier alpha value is -1.82. The number of aryl methyl sites for hydroxylation is 4. The molecule has 2 aromatic rings. The number of hydrogen-bond donors (Lipinski definition) is 0. The maximum absolute atomic E-state index is 12.6. The molecule has 0 atom stereocenters. The van der Waals surface area contributed by atoms with Crippen molar-refractivity contribution in [2.75, 3.05) is 0 Å². The van der Waals surface area contributed by atoms with Crippen LogP contribution in [0.1, 0.15) is 620 Å². The summed E-state index contributed by atoms with van der Waals surface area (Å²) < 4.78 is 1.66. The molecule has 2 nitrogen and oxygen atoms in total. The fourth-order valence-electron chi connectivity index (χ4n) is 18.7. The second-order valence-corrected chi connectivity index (χ2v) is 40.1. The first kappa shape index (κ1) is 110. The molecule has 2 aromatic carbocycles. The zero-order valence-electron chi connectivity index (χ0n) is 80.8. The van der Waals surface area contributed by atoms with Gasteiger partial charge in [-0.3, -0.25) is 0 Å². The fourth-order valence-corrected chi connectivity index (χ4v) is 20.6. The quantitative estimate of drug-likeness (QED) is 0.0358. The first-order valence-corrected chi connectivity index (χ1v) is 56.3. The van der Waals surface area contributed by atoms with E-state index < -0.39 is 0 Å². The van der Waals surface area contributed by atoms with Crippen molar-refractivity contribution in [3.05, 3.63) is 86.0 Å². The predicted octanol–water partition coefficient (Wildman–Crippen LogP) is 41.0. The summed E-state index contributed by atoms with van der Waals surface area (Å²) in [5, 5.41) is 0. The van der Waals surface area contributed by atoms with Crippen LogP contribution in [-0.4, -0.2) is 4.70 Å². The van der Waals surface area contributed by atoms with Gasteiger partial charge >= 0.3 is 169 Å². The summed E-state index contributed by atoms with van der Waals surface area (Å²) in [5.74, 6) is 0. The summed E-state index contributed by atoms with van der Waals surface area (Å²) in [4.78, 5) is 3.10. The van der Waals surface area contributed by atoms with E-state index in [9.17, 15) is 5.53 Å². The third-order valence-electron chi connectivity index (χ3n) is 26.5. The zero-order chi connectivity index (χ0) is 83.4. The number of hydrogen-bond acceptors (Lipinski definition) is 0. The number of benzene rings is 2. The van der Waals surface area contributed by atoms with E-state index in [1.807, 2.05) is 0 Å². The van der Waals surface area contributed by atoms with E-state index in [-0.39, 0.29) is 0 Å². The van der Waals surface area contributed by atoms with Crippen molar-refractivity contribution < 1.29 is 22.7 Å². The van der Waals surface area contributed by atoms with E-state index in [1.54, 1.807) is 47.9 Å². The average Bonchev–Trinajstić information content (AvgIpc) is 1.62. The van der Waals surface area contributed by atoms with Crippen LogP contribution in [0.5, 0.6) is 0 Å². The molecule has 0 aliphatic carbocycles. The molecule has 1 aliphatic rings. The molecular weight excluding hydrogens is 1490 g/mol. The molecule has 0 radical (unpaired) electrons. The summed E-state index contributed by atoms with van der Waals surface area (Å²) >= 11 is 1.05. The molecule has 0 aromatic heterocycles. The average molecular weight is 1700 g/mol. The van der Waals surface area contributed by atoms with Crippen molar-refractivity contribution in [1.82, 2.24) is 0 Å². The van der Waals surface area contributed by atoms with Gasteiger partial charge < -0.3 is 5.53 Å². The number of rotatable bonds is 90. The zero-order valence-corrected chi connectivity index (χ0v) is 82.4. The van der Waals surface area contributed by atoms with Crippen LogP contribution in [0.4, 0.5) is 0 Å². The van der Waals surface area contributed by atoms with Crippen molar-refractivity contribution in [3.8, 4) is 0 Å². The van der Waals surface area contributed by atoms with Crippen LogP contribution >= 0.6 is 0 Å². The maximum atomic E-state index is 12.6. The van der Waals surface area contributed by atoms with E-state index in [4.69, 9.17) is 0 Å². The normalized spacial score (nSPS) is 12.4. The van der Waals surface area contributed by atoms with Crippen molar-refractivity contribution in [1.29, 1.82) is 0 Å². The molecule has 3 heteroatoms. The molecular formula is C113H208N2Pd. The van der Waals surface area contributed by atoms with Gasteiger partial charge in [0.15, 0.2) is 0 Å². The fraction of sp³-hybridized carbons (Fsp3) is 0.858. The van der Waals surface area contributed by atoms with Crippen LogP contribution in [0, 0.1) is 0 Å². The van der Waals surface area contributed by atoms with Crippen LogP contribution < -0.4 is 0 Å². The summed E-state index contributed by atoms with van der Waals surface area (Å²) in [6, 6.07) is 10.1. The molecule has 0 N–H and O–H groups in total. The standard InChI is InChI=1S/C57H94N2.2C28H57.Pd/c1-8-15-22-24-26-33-40-54-47(35-28-17-10-3)42-52(43-48(54)36-29-18-11-4)56-46-51(39-32-21-14-7)57(59(56)58)53-44-49(37-30-19-12-5)55(41-34-27-25-23-16-9-2)50(45-53)38-31-20-13-6;2*1-3-5-7-9-11-13-15-17-19-21-23-25-27-28-26-24-22-20-18-16-14-12-10-8-6-4-2;/h42-46H,8-41H2,1-7H3;2*1,3-28H2,2H3;. The van der Waals surface area contributed by atoms with Gasteiger partial charge in [0, 0.05) is 22.8 Å². The van der Waals surface area contributed by atoms with Crippen molar-refractivity contribution in [3.63, 3.8) is 0 Å². The Labute approximate surface area is 739 Å². The third-order valence-corrected chi connectivity index (χ3v) is 28.7. The van der Waals surface area contributed by atoms with Gasteiger partial charge in [0.2, 0.25) is 11.4 Å². The van der Waals surface area contributed by atoms with E-state index in [0.29, 0.717) is 0 Å². The molecule has 0 unspecified atom stereocenters. The van der Waals surface area contributed by atoms with Crippen LogP contribution in [0.3, 0.4) is 0 Å². The van der Waals surface area contributed by atoms with Crippen LogP contribution in [0.25, 0.3) is 16.9 Å². The summed E-state index contributed by atoms with van der Waals surface area (Å²) in [6.45, 7) is 20.9. The Morgan fingerprint density at radius 3 is 0.595 bits per heavy atom. The minimum Gasteiger partial charge on any atom is -0.493 e. The van der Waals surface area contributed by atoms with Gasteiger partial charge in [-0.05, 0) is 148 Å². The van der Waals surface area contributed by atoms with E-state index in [0.717, 1.165) is 67.9 Å². The first-order chi connectivity index (χ1) is 57.4. The Balaban J connectivity index is 0.000000788. The second kappa shape index (κ2) is 86.7. The van der Waals surface area contributed by atoms with Gasteiger partial charge in [-0.1, -0.05) is 383 Å². The smallest absolute Gasteiger partial charge is 0.493 e. The minimum absolute atomic E-state index is 1.00. The SMILES string of the molecule is CCCCCCCCCCCCCCCCCCCCCCCCCCC[CH2][Pd][CH2]CCCCCCCCCCCCCCCCCCCCCCCCCCC.CCCCCCCCc1c(CCCCC)cc(C2=CC(CCCCC)=C(c3cc(CCCCC)c(CCCCCCCC)c(CCCCC)c3)[N+]2=[N-])cc1CCCCC. The molecule has 0 fully saturated rings. The molecule has 116 heavy (non-hydrogen) atoms. The Morgan fingerprint density at radius 2 is 0.371 bits per heavy atom. The molecule has 1 aliphatic heterocycles. The predicted molar refractivity (Wildman–Crippen MR) is 524 cm³/mol. The van der Waals surface area contributed by atoms with Gasteiger partial charge in [-0.25, -0.2) is 4.70 Å². The molecule has 0 amide bonds. The summed E-state index contributed by atoms with van der Waals surface area (Å²) in [6.07, 6.45) is 123. The van der Waals surface area contributed by atoms with Gasteiger partial charge in [-0.2, -0.15) is 0 Å². The van der Waals surface area contributed by atoms with Crippen LogP contribution in [-0.2, 0) is 56.5 Å². The van der Waals surface area contributed by atoms with Crippen LogP contribution in [0.2, 0.25) is 9.79 Å². The third kappa shape index (κ3) is 62.3. The van der Waals surface area contributed by atoms with Gasteiger partial charge in [0.05, 0.1) is 0 Å². The van der Waals surface area contributed by atoms with Crippen LogP contribution in [0.15, 0.2) is 35.9 Å². The molecule has 1 heterocycles. The van der Waals surface area contributed by atoms with Crippen molar-refractivity contribution >= 4 is 11.4 Å². The molecule has 0 saturated carbocycles. The number of unbranched alkanes of at least 4 members (excludes halogenated alkanes) is 70. The Morgan fingerprint density at radius 1 is 0.198 bits per heavy atom. The Bertz CT molecular complexity index is 2360. The molecule has 680 valence electrons. The molecule has 0 saturated heterocycles. The van der Waals surface area contributed by atoms with Crippen molar-refractivity contribution in [2.45, 2.75) is 624 Å². The van der Waals surface area contributed by atoms with Gasteiger partial charge in [0.1, 0.15) is 0 Å².